The molecule has 8 heteroatoms. The van der Waals surface area contributed by atoms with E-state index in [0.29, 0.717) is 17.2 Å². The van der Waals surface area contributed by atoms with Crippen LogP contribution in [0.5, 0.6) is 0 Å². The molecule has 0 radical (unpaired) electrons. The van der Waals surface area contributed by atoms with Crippen LogP contribution in [0.25, 0.3) is 17.4 Å². The highest BCUT2D eigenvalue weighted by atomic mass is 79.9. The normalized spacial score (nSPS) is 15.0. The van der Waals surface area contributed by atoms with Crippen LogP contribution in [0.3, 0.4) is 0 Å². The summed E-state index contributed by atoms with van der Waals surface area (Å²) in [6, 6.07) is 16.8. The highest BCUT2D eigenvalue weighted by Gasteiger charge is 2.36. The second-order valence-corrected chi connectivity index (χ2v) is 9.22. The SMILES string of the molecule is Cc1cccc(NC(=O)CN2C(=O)S/C(=C\c3ccc(-c4ccc(C)cc4Br)o3)C2=O)c1. The minimum Gasteiger partial charge on any atom is -0.457 e. The minimum atomic E-state index is -0.520. The van der Waals surface area contributed by atoms with Crippen molar-refractivity contribution in [3.05, 3.63) is 80.9 Å². The Hall–Kier alpha value is -3.10. The van der Waals surface area contributed by atoms with Gasteiger partial charge in [0.15, 0.2) is 0 Å². The molecule has 0 aliphatic carbocycles. The van der Waals surface area contributed by atoms with E-state index in [0.717, 1.165) is 37.8 Å². The van der Waals surface area contributed by atoms with Crippen LogP contribution in [0.1, 0.15) is 16.9 Å². The summed E-state index contributed by atoms with van der Waals surface area (Å²) in [6.45, 7) is 3.56. The molecule has 32 heavy (non-hydrogen) atoms. The molecule has 162 valence electrons. The number of anilines is 1. The van der Waals surface area contributed by atoms with Gasteiger partial charge in [0.2, 0.25) is 5.91 Å². The topological polar surface area (TPSA) is 79.6 Å². The molecule has 6 nitrogen and oxygen atoms in total. The molecule has 4 rings (SSSR count). The van der Waals surface area contributed by atoms with E-state index in [9.17, 15) is 14.4 Å². The van der Waals surface area contributed by atoms with E-state index in [1.807, 2.05) is 50.2 Å². The number of hydrogen-bond donors (Lipinski definition) is 1. The van der Waals surface area contributed by atoms with Gasteiger partial charge in [0.1, 0.15) is 18.1 Å². The van der Waals surface area contributed by atoms with Crippen molar-refractivity contribution in [1.82, 2.24) is 4.90 Å². The summed E-state index contributed by atoms with van der Waals surface area (Å²) in [5, 5.41) is 2.22. The molecule has 1 fully saturated rings. The Morgan fingerprint density at radius 2 is 1.88 bits per heavy atom. The van der Waals surface area contributed by atoms with Crippen molar-refractivity contribution in [2.45, 2.75) is 13.8 Å². The lowest BCUT2D eigenvalue weighted by atomic mass is 10.1. The van der Waals surface area contributed by atoms with E-state index in [1.165, 1.54) is 6.08 Å². The molecule has 0 saturated carbocycles. The highest BCUT2D eigenvalue weighted by molar-refractivity contribution is 9.10. The van der Waals surface area contributed by atoms with Gasteiger partial charge < -0.3 is 9.73 Å². The van der Waals surface area contributed by atoms with Gasteiger partial charge in [-0.2, -0.15) is 0 Å². The van der Waals surface area contributed by atoms with Crippen LogP contribution in [0.2, 0.25) is 0 Å². The molecule has 1 aliphatic heterocycles. The summed E-state index contributed by atoms with van der Waals surface area (Å²) in [5.74, 6) is 0.125. The van der Waals surface area contributed by atoms with Gasteiger partial charge in [-0.25, -0.2) is 0 Å². The maximum atomic E-state index is 12.7. The van der Waals surface area contributed by atoms with E-state index in [2.05, 4.69) is 21.2 Å². The van der Waals surface area contributed by atoms with Gasteiger partial charge >= 0.3 is 0 Å². The van der Waals surface area contributed by atoms with Crippen LogP contribution in [0.15, 0.2) is 68.4 Å². The Morgan fingerprint density at radius 3 is 2.62 bits per heavy atom. The van der Waals surface area contributed by atoms with Gasteiger partial charge in [-0.15, -0.1) is 0 Å². The van der Waals surface area contributed by atoms with Gasteiger partial charge in [-0.1, -0.05) is 34.1 Å². The summed E-state index contributed by atoms with van der Waals surface area (Å²) < 4.78 is 6.76. The molecule has 0 bridgehead atoms. The Kier molecular flexibility index (Phi) is 6.34. The van der Waals surface area contributed by atoms with Crippen LogP contribution < -0.4 is 5.32 Å². The minimum absolute atomic E-state index is 0.210. The van der Waals surface area contributed by atoms with Crippen molar-refractivity contribution in [1.29, 1.82) is 0 Å². The number of nitrogens with zero attached hydrogens (tertiary/aromatic N) is 1. The monoisotopic (exact) mass is 510 g/mol. The lowest BCUT2D eigenvalue weighted by Crippen LogP contribution is -2.36. The molecular weight excluding hydrogens is 492 g/mol. The van der Waals surface area contributed by atoms with E-state index < -0.39 is 17.1 Å². The lowest BCUT2D eigenvalue weighted by molar-refractivity contribution is -0.127. The van der Waals surface area contributed by atoms with Gasteiger partial charge in [0.05, 0.1) is 4.91 Å². The fraction of sp³-hybridized carbons (Fsp3) is 0.125. The van der Waals surface area contributed by atoms with E-state index in [4.69, 9.17) is 4.42 Å². The first kappa shape index (κ1) is 22.1. The molecule has 0 unspecified atom stereocenters. The predicted octanol–water partition coefficient (Wildman–Crippen LogP) is 6.00. The van der Waals surface area contributed by atoms with Crippen LogP contribution >= 0.6 is 27.7 Å². The summed E-state index contributed by atoms with van der Waals surface area (Å²) in [7, 11) is 0. The number of benzene rings is 2. The van der Waals surface area contributed by atoms with Crippen LogP contribution in [-0.2, 0) is 9.59 Å². The summed E-state index contributed by atoms with van der Waals surface area (Å²) in [6.07, 6.45) is 1.52. The number of carbonyl (C=O) groups is 3. The van der Waals surface area contributed by atoms with Crippen LogP contribution in [0, 0.1) is 13.8 Å². The first-order valence-electron chi connectivity index (χ1n) is 9.78. The predicted molar refractivity (Wildman–Crippen MR) is 129 cm³/mol. The zero-order chi connectivity index (χ0) is 22.8. The van der Waals surface area contributed by atoms with Gasteiger partial charge in [-0.3, -0.25) is 19.3 Å². The van der Waals surface area contributed by atoms with Crippen molar-refractivity contribution in [3.63, 3.8) is 0 Å². The van der Waals surface area contributed by atoms with E-state index in [-0.39, 0.29) is 11.4 Å². The van der Waals surface area contributed by atoms with Crippen molar-refractivity contribution in [2.75, 3.05) is 11.9 Å². The standard InChI is InChI=1S/C24H19BrN2O4S/c1-14-4-3-5-16(10-14)26-22(28)13-27-23(29)21(32-24(27)30)12-17-7-9-20(31-17)18-8-6-15(2)11-19(18)25/h3-12H,13H2,1-2H3,(H,26,28)/b21-12-. The van der Waals surface area contributed by atoms with Crippen molar-refractivity contribution in [2.24, 2.45) is 0 Å². The average molecular weight is 511 g/mol. The fourth-order valence-electron chi connectivity index (χ4n) is 3.23. The number of aryl methyl sites for hydroxylation is 2. The van der Waals surface area contributed by atoms with E-state index >= 15 is 0 Å². The lowest BCUT2D eigenvalue weighted by Gasteiger charge is -2.12. The third-order valence-corrected chi connectivity index (χ3v) is 6.33. The quantitative estimate of drug-likeness (QED) is 0.425. The Labute approximate surface area is 197 Å². The number of thioether (sulfide) groups is 1. The largest absolute Gasteiger partial charge is 0.457 e. The average Bonchev–Trinajstić information content (AvgIpc) is 3.28. The smallest absolute Gasteiger partial charge is 0.294 e. The third-order valence-electron chi connectivity index (χ3n) is 4.77. The van der Waals surface area contributed by atoms with Crippen LogP contribution in [0.4, 0.5) is 10.5 Å². The first-order chi connectivity index (χ1) is 15.3. The number of rotatable bonds is 5. The van der Waals surface area contributed by atoms with E-state index in [1.54, 1.807) is 18.2 Å². The molecule has 1 aliphatic rings. The molecule has 1 aromatic heterocycles. The number of carbonyl (C=O) groups excluding carboxylic acids is 3. The van der Waals surface area contributed by atoms with Gasteiger partial charge in [-0.05, 0) is 73.1 Å². The number of halogens is 1. The highest BCUT2D eigenvalue weighted by Crippen LogP contribution is 2.34. The molecule has 0 spiro atoms. The maximum Gasteiger partial charge on any atom is 0.294 e. The fourth-order valence-corrected chi connectivity index (χ4v) is 4.73. The molecule has 2 aromatic carbocycles. The molecule has 1 N–H and O–H groups in total. The Morgan fingerprint density at radius 1 is 1.09 bits per heavy atom. The number of furan rings is 1. The van der Waals surface area contributed by atoms with Crippen molar-refractivity contribution in [3.8, 4) is 11.3 Å². The number of imide groups is 1. The zero-order valence-electron chi connectivity index (χ0n) is 17.3. The molecular formula is C24H19BrN2O4S. The molecule has 2 heterocycles. The van der Waals surface area contributed by atoms with Crippen molar-refractivity contribution >= 4 is 56.5 Å². The third kappa shape index (κ3) is 4.87. The Balaban J connectivity index is 1.46. The molecule has 3 aromatic rings. The van der Waals surface area contributed by atoms with Crippen molar-refractivity contribution < 1.29 is 18.8 Å². The van der Waals surface area contributed by atoms with Crippen LogP contribution in [-0.4, -0.2) is 28.5 Å². The number of hydrogen-bond acceptors (Lipinski definition) is 5. The second-order valence-electron chi connectivity index (χ2n) is 7.37. The number of amides is 3. The maximum absolute atomic E-state index is 12.7. The molecule has 1 saturated heterocycles. The molecule has 0 atom stereocenters. The van der Waals surface area contributed by atoms with Gasteiger partial charge in [0, 0.05) is 21.8 Å². The summed E-state index contributed by atoms with van der Waals surface area (Å²) in [5.41, 5.74) is 3.61. The molecule has 3 amide bonds. The zero-order valence-corrected chi connectivity index (χ0v) is 19.7. The second kappa shape index (κ2) is 9.18. The van der Waals surface area contributed by atoms with Gasteiger partial charge in [0.25, 0.3) is 11.1 Å². The number of nitrogens with one attached hydrogen (secondary N) is 1. The summed E-state index contributed by atoms with van der Waals surface area (Å²) in [4.78, 5) is 38.5. The first-order valence-corrected chi connectivity index (χ1v) is 11.4. The summed E-state index contributed by atoms with van der Waals surface area (Å²) >= 11 is 4.32. The Bertz CT molecular complexity index is 1260.